The van der Waals surface area contributed by atoms with E-state index in [1.54, 1.807) is 60.7 Å². The average molecular weight is 569 g/mol. The molecule has 0 saturated carbocycles. The Balaban J connectivity index is 1.17. The Labute approximate surface area is 231 Å². The fourth-order valence-electron chi connectivity index (χ4n) is 3.49. The summed E-state index contributed by atoms with van der Waals surface area (Å²) >= 11 is 23.4. The van der Waals surface area contributed by atoms with E-state index in [1.807, 2.05) is 12.1 Å². The quantitative estimate of drug-likeness (QED) is 0.164. The molecule has 2 N–H and O–H groups in total. The van der Waals surface area contributed by atoms with Crippen LogP contribution < -0.4 is 10.6 Å². The van der Waals surface area contributed by atoms with Crippen molar-refractivity contribution < 1.29 is 13.6 Å². The van der Waals surface area contributed by atoms with Gasteiger partial charge in [0.25, 0.3) is 0 Å². The number of anilines is 1. The van der Waals surface area contributed by atoms with Crippen LogP contribution in [0.5, 0.6) is 0 Å². The van der Waals surface area contributed by atoms with E-state index in [4.69, 9.17) is 55.9 Å². The normalized spacial score (nSPS) is 11.2. The molecule has 0 radical (unpaired) electrons. The molecular formula is C27H16Cl3N3O3S. The molecule has 37 heavy (non-hydrogen) atoms. The first kappa shape index (κ1) is 25.0. The highest BCUT2D eigenvalue weighted by Gasteiger charge is 2.10. The lowest BCUT2D eigenvalue weighted by Gasteiger charge is -2.08. The average Bonchev–Trinajstić information content (AvgIpc) is 3.49. The summed E-state index contributed by atoms with van der Waals surface area (Å²) in [6.07, 6.45) is 2.86. The van der Waals surface area contributed by atoms with Crippen molar-refractivity contribution >= 4 is 80.9 Å². The van der Waals surface area contributed by atoms with E-state index in [0.29, 0.717) is 49.3 Å². The van der Waals surface area contributed by atoms with Crippen LogP contribution in [0.4, 0.5) is 5.69 Å². The molecule has 1 amide bonds. The number of oxazole rings is 1. The summed E-state index contributed by atoms with van der Waals surface area (Å²) in [5.41, 5.74) is 3.54. The molecule has 6 nitrogen and oxygen atoms in total. The van der Waals surface area contributed by atoms with Gasteiger partial charge in [0.05, 0.1) is 0 Å². The molecule has 0 spiro atoms. The number of carbonyl (C=O) groups excluding carboxylic acids is 1. The van der Waals surface area contributed by atoms with E-state index in [0.717, 1.165) is 11.1 Å². The number of rotatable bonds is 5. The lowest BCUT2D eigenvalue weighted by atomic mass is 10.2. The van der Waals surface area contributed by atoms with Crippen molar-refractivity contribution in [1.82, 2.24) is 10.3 Å². The lowest BCUT2D eigenvalue weighted by molar-refractivity contribution is -0.115. The van der Waals surface area contributed by atoms with Crippen LogP contribution in [0.3, 0.4) is 0 Å². The third-order valence-corrected chi connectivity index (χ3v) is 6.02. The summed E-state index contributed by atoms with van der Waals surface area (Å²) in [6.45, 7) is 0. The molecule has 184 valence electrons. The summed E-state index contributed by atoms with van der Waals surface area (Å²) < 4.78 is 11.5. The number of furan rings is 1. The van der Waals surface area contributed by atoms with Crippen LogP contribution in [-0.2, 0) is 4.79 Å². The number of hydrogen-bond acceptors (Lipinski definition) is 5. The highest BCUT2D eigenvalue weighted by Crippen LogP contribution is 2.29. The van der Waals surface area contributed by atoms with Crippen molar-refractivity contribution in [3.63, 3.8) is 0 Å². The molecule has 0 atom stereocenters. The minimum Gasteiger partial charge on any atom is -0.457 e. The van der Waals surface area contributed by atoms with Crippen LogP contribution in [0.1, 0.15) is 5.76 Å². The minimum atomic E-state index is -0.414. The highest BCUT2D eigenvalue weighted by atomic mass is 35.5. The van der Waals surface area contributed by atoms with Gasteiger partial charge in [-0.1, -0.05) is 34.8 Å². The van der Waals surface area contributed by atoms with Crippen molar-refractivity contribution in [2.24, 2.45) is 0 Å². The van der Waals surface area contributed by atoms with Gasteiger partial charge in [-0.15, -0.1) is 0 Å². The zero-order valence-electron chi connectivity index (χ0n) is 18.8. The lowest BCUT2D eigenvalue weighted by Crippen LogP contribution is -2.32. The molecule has 5 rings (SSSR count). The maximum absolute atomic E-state index is 12.3. The third-order valence-electron chi connectivity index (χ3n) is 5.15. The van der Waals surface area contributed by atoms with Gasteiger partial charge >= 0.3 is 0 Å². The Morgan fingerprint density at radius 1 is 0.838 bits per heavy atom. The van der Waals surface area contributed by atoms with Crippen molar-refractivity contribution in [3.8, 4) is 22.8 Å². The summed E-state index contributed by atoms with van der Waals surface area (Å²) in [5.74, 6) is 1.12. The van der Waals surface area contributed by atoms with Gasteiger partial charge in [-0.25, -0.2) is 4.98 Å². The molecule has 5 aromatic rings. The maximum Gasteiger partial charge on any atom is 0.250 e. The van der Waals surface area contributed by atoms with Gasteiger partial charge in [-0.05, 0) is 91.1 Å². The Morgan fingerprint density at radius 2 is 1.59 bits per heavy atom. The molecule has 0 aliphatic rings. The molecule has 0 aliphatic heterocycles. The van der Waals surface area contributed by atoms with Gasteiger partial charge in [-0.2, -0.15) is 0 Å². The summed E-state index contributed by atoms with van der Waals surface area (Å²) in [5, 5.41) is 7.31. The minimum absolute atomic E-state index is 0.146. The first-order valence-electron chi connectivity index (χ1n) is 10.9. The predicted molar refractivity (Wildman–Crippen MR) is 152 cm³/mol. The number of nitrogens with one attached hydrogen (secondary N) is 2. The zero-order valence-corrected chi connectivity index (χ0v) is 21.9. The largest absolute Gasteiger partial charge is 0.457 e. The van der Waals surface area contributed by atoms with Crippen LogP contribution >= 0.6 is 47.0 Å². The number of carbonyl (C=O) groups is 1. The fourth-order valence-corrected chi connectivity index (χ4v) is 4.40. The van der Waals surface area contributed by atoms with Crippen molar-refractivity contribution in [2.45, 2.75) is 0 Å². The van der Waals surface area contributed by atoms with Crippen molar-refractivity contribution in [3.05, 3.63) is 99.7 Å². The number of nitrogens with zero attached hydrogens (tertiary/aromatic N) is 1. The maximum atomic E-state index is 12.3. The molecule has 2 aromatic heterocycles. The van der Waals surface area contributed by atoms with Crippen molar-refractivity contribution in [1.29, 1.82) is 0 Å². The second kappa shape index (κ2) is 10.8. The van der Waals surface area contributed by atoms with Gasteiger partial charge in [0.2, 0.25) is 11.8 Å². The van der Waals surface area contributed by atoms with Crippen LogP contribution in [-0.4, -0.2) is 16.0 Å². The summed E-state index contributed by atoms with van der Waals surface area (Å²) in [4.78, 5) is 16.8. The van der Waals surface area contributed by atoms with E-state index in [2.05, 4.69) is 15.6 Å². The second-order valence-corrected chi connectivity index (χ2v) is 9.56. The van der Waals surface area contributed by atoms with E-state index < -0.39 is 5.91 Å². The monoisotopic (exact) mass is 567 g/mol. The number of hydrogen-bond donors (Lipinski definition) is 2. The predicted octanol–water partition coefficient (Wildman–Crippen LogP) is 8.24. The first-order valence-corrected chi connectivity index (χ1v) is 12.4. The van der Waals surface area contributed by atoms with Gasteiger partial charge in [-0.3, -0.25) is 10.1 Å². The fraction of sp³-hybridized carbons (Fsp3) is 0. The van der Waals surface area contributed by atoms with Gasteiger partial charge in [0, 0.05) is 38.0 Å². The van der Waals surface area contributed by atoms with Gasteiger partial charge in [0.1, 0.15) is 17.0 Å². The van der Waals surface area contributed by atoms with E-state index >= 15 is 0 Å². The molecule has 0 bridgehead atoms. The highest BCUT2D eigenvalue weighted by molar-refractivity contribution is 7.80. The zero-order chi connectivity index (χ0) is 25.9. The van der Waals surface area contributed by atoms with Gasteiger partial charge < -0.3 is 14.2 Å². The molecule has 0 unspecified atom stereocenters. The Morgan fingerprint density at radius 3 is 2.35 bits per heavy atom. The Hall–Kier alpha value is -3.62. The molecule has 3 aromatic carbocycles. The topological polar surface area (TPSA) is 80.3 Å². The van der Waals surface area contributed by atoms with E-state index in [9.17, 15) is 4.79 Å². The first-order chi connectivity index (χ1) is 17.8. The molecule has 2 heterocycles. The number of amides is 1. The van der Waals surface area contributed by atoms with Crippen LogP contribution in [0, 0.1) is 0 Å². The van der Waals surface area contributed by atoms with Crippen molar-refractivity contribution in [2.75, 3.05) is 5.32 Å². The summed E-state index contributed by atoms with van der Waals surface area (Å²) in [6, 6.07) is 21.2. The van der Waals surface area contributed by atoms with Crippen LogP contribution in [0.2, 0.25) is 15.1 Å². The Kier molecular flexibility index (Phi) is 7.30. The standard InChI is InChI=1S/C27H16Cl3N3O3S/c28-17-3-8-24-22(14-17)32-26(36-24)15-1-4-20(5-2-15)31-27(37)33-25(34)10-7-21-6-9-23(35-21)16-11-18(29)13-19(30)12-16/h1-14H,(H2,31,33,34,37)/b10-7+. The number of thiocarbonyl (C=S) groups is 1. The number of fused-ring (bicyclic) bond motifs is 1. The molecule has 0 fully saturated rings. The second-order valence-electron chi connectivity index (χ2n) is 7.85. The SMILES string of the molecule is O=C(/C=C/c1ccc(-c2cc(Cl)cc(Cl)c2)o1)NC(=S)Nc1ccc(-c2nc3cc(Cl)ccc3o2)cc1. The molecule has 0 saturated heterocycles. The van der Waals surface area contributed by atoms with Crippen LogP contribution in [0.25, 0.3) is 40.0 Å². The molecule has 10 heteroatoms. The number of aromatic nitrogens is 1. The third kappa shape index (κ3) is 6.21. The summed E-state index contributed by atoms with van der Waals surface area (Å²) in [7, 11) is 0. The number of halogens is 3. The molecule has 0 aliphatic carbocycles. The smallest absolute Gasteiger partial charge is 0.250 e. The van der Waals surface area contributed by atoms with Crippen LogP contribution in [0.15, 0.2) is 87.7 Å². The number of benzene rings is 3. The Bertz CT molecular complexity index is 1640. The van der Waals surface area contributed by atoms with E-state index in [-0.39, 0.29) is 5.11 Å². The molecular weight excluding hydrogens is 553 g/mol. The van der Waals surface area contributed by atoms with E-state index in [1.165, 1.54) is 12.2 Å². The van der Waals surface area contributed by atoms with Gasteiger partial charge in [0.15, 0.2) is 10.7 Å².